The van der Waals surface area contributed by atoms with Crippen LogP contribution >= 0.6 is 11.3 Å². The van der Waals surface area contributed by atoms with Crippen molar-refractivity contribution in [2.45, 2.75) is 13.0 Å². The molecule has 1 aliphatic rings. The van der Waals surface area contributed by atoms with Crippen molar-refractivity contribution in [2.24, 2.45) is 12.0 Å². The number of para-hydroxylation sites is 1. The molecular weight excluding hydrogens is 434 g/mol. The highest BCUT2D eigenvalue weighted by atomic mass is 32.1. The predicted molar refractivity (Wildman–Crippen MR) is 128 cm³/mol. The maximum atomic E-state index is 13.5. The Balaban J connectivity index is 1.67. The monoisotopic (exact) mass is 455 g/mol. The van der Waals surface area contributed by atoms with Gasteiger partial charge in [0.15, 0.2) is 4.80 Å². The molecule has 3 heterocycles. The van der Waals surface area contributed by atoms with Crippen LogP contribution in [-0.2, 0) is 11.8 Å². The first-order valence-electron chi connectivity index (χ1n) is 10.4. The number of carbonyl (C=O) groups excluding carboxylic acids is 1. The Bertz CT molecular complexity index is 1550. The van der Waals surface area contributed by atoms with Crippen LogP contribution in [0.1, 0.15) is 24.1 Å². The molecule has 4 aromatic rings. The molecule has 5 rings (SSSR count). The maximum Gasteiger partial charge on any atom is 0.271 e. The zero-order valence-electron chi connectivity index (χ0n) is 18.1. The third kappa shape index (κ3) is 3.96. The summed E-state index contributed by atoms with van der Waals surface area (Å²) in [6.07, 6.45) is 5.36. The number of anilines is 1. The molecule has 0 aliphatic carbocycles. The minimum Gasteiger partial charge on any atom is -0.322 e. The summed E-state index contributed by atoms with van der Waals surface area (Å²) in [6, 6.07) is 18.3. The van der Waals surface area contributed by atoms with Gasteiger partial charge in [-0.25, -0.2) is 4.99 Å². The fourth-order valence-electron chi connectivity index (χ4n) is 3.95. The second-order valence-electron chi connectivity index (χ2n) is 7.76. The lowest BCUT2D eigenvalue weighted by molar-refractivity contribution is -0.113. The van der Waals surface area contributed by atoms with E-state index in [9.17, 15) is 9.59 Å². The molecule has 2 aromatic heterocycles. The Morgan fingerprint density at radius 2 is 1.79 bits per heavy atom. The van der Waals surface area contributed by atoms with Gasteiger partial charge in [-0.2, -0.15) is 5.10 Å². The van der Waals surface area contributed by atoms with Crippen LogP contribution in [0.25, 0.3) is 6.08 Å². The predicted octanol–water partition coefficient (Wildman–Crippen LogP) is 2.61. The molecule has 1 aliphatic heterocycles. The Morgan fingerprint density at radius 3 is 2.45 bits per heavy atom. The molecule has 1 atom stereocenters. The van der Waals surface area contributed by atoms with Gasteiger partial charge in [0.2, 0.25) is 0 Å². The summed E-state index contributed by atoms with van der Waals surface area (Å²) < 4.78 is 3.85. The Hall–Kier alpha value is -4.04. The summed E-state index contributed by atoms with van der Waals surface area (Å²) in [5.74, 6) is -0.280. The molecule has 0 spiro atoms. The van der Waals surface area contributed by atoms with Crippen molar-refractivity contribution in [3.05, 3.63) is 115 Å². The number of carbonyl (C=O) groups is 1. The minimum absolute atomic E-state index is 0.186. The molecule has 0 bridgehead atoms. The van der Waals surface area contributed by atoms with Gasteiger partial charge in [-0.05, 0) is 30.7 Å². The molecule has 0 fully saturated rings. The smallest absolute Gasteiger partial charge is 0.271 e. The van der Waals surface area contributed by atoms with E-state index in [-0.39, 0.29) is 11.5 Å². The molecule has 8 heteroatoms. The van der Waals surface area contributed by atoms with Crippen molar-refractivity contribution in [3.8, 4) is 0 Å². The van der Waals surface area contributed by atoms with E-state index in [1.165, 1.54) is 11.3 Å². The summed E-state index contributed by atoms with van der Waals surface area (Å²) in [6.45, 7) is 1.81. The fourth-order valence-corrected chi connectivity index (χ4v) is 5.00. The quantitative estimate of drug-likeness (QED) is 0.514. The van der Waals surface area contributed by atoms with Gasteiger partial charge in [0, 0.05) is 24.5 Å². The highest BCUT2D eigenvalue weighted by Gasteiger charge is 2.32. The lowest BCUT2D eigenvalue weighted by Gasteiger charge is -2.25. The van der Waals surface area contributed by atoms with Crippen LogP contribution in [0.2, 0.25) is 0 Å². The number of hydrogen-bond acceptors (Lipinski definition) is 5. The number of thiazole rings is 1. The van der Waals surface area contributed by atoms with E-state index in [1.807, 2.05) is 86.9 Å². The van der Waals surface area contributed by atoms with Crippen LogP contribution in [0.3, 0.4) is 0 Å². The first kappa shape index (κ1) is 20.8. The van der Waals surface area contributed by atoms with E-state index in [0.29, 0.717) is 26.3 Å². The first-order valence-corrected chi connectivity index (χ1v) is 11.3. The fraction of sp³-hybridized carbons (Fsp3) is 0.120. The third-order valence-electron chi connectivity index (χ3n) is 5.44. The molecule has 2 aromatic carbocycles. The van der Waals surface area contributed by atoms with Crippen LogP contribution in [0.15, 0.2) is 94.1 Å². The summed E-state index contributed by atoms with van der Waals surface area (Å²) in [5, 5.41) is 7.12. The summed E-state index contributed by atoms with van der Waals surface area (Å²) in [4.78, 5) is 32.2. The molecule has 0 saturated heterocycles. The largest absolute Gasteiger partial charge is 0.322 e. The topological polar surface area (TPSA) is 81.3 Å². The summed E-state index contributed by atoms with van der Waals surface area (Å²) in [7, 11) is 1.83. The number of benzene rings is 2. The highest BCUT2D eigenvalue weighted by Crippen LogP contribution is 2.30. The summed E-state index contributed by atoms with van der Waals surface area (Å²) in [5.41, 5.74) is 3.21. The number of fused-ring (bicyclic) bond motifs is 1. The van der Waals surface area contributed by atoms with Gasteiger partial charge in [0.25, 0.3) is 11.5 Å². The van der Waals surface area contributed by atoms with Gasteiger partial charge in [0.05, 0.1) is 28.0 Å². The van der Waals surface area contributed by atoms with Crippen molar-refractivity contribution in [3.63, 3.8) is 0 Å². The van der Waals surface area contributed by atoms with E-state index in [2.05, 4.69) is 15.4 Å². The van der Waals surface area contributed by atoms with Crippen LogP contribution in [0, 0.1) is 0 Å². The van der Waals surface area contributed by atoms with Gasteiger partial charge >= 0.3 is 0 Å². The second kappa shape index (κ2) is 8.48. The van der Waals surface area contributed by atoms with Crippen molar-refractivity contribution < 1.29 is 4.79 Å². The number of nitrogens with one attached hydrogen (secondary N) is 1. The van der Waals surface area contributed by atoms with E-state index in [1.54, 1.807) is 15.4 Å². The van der Waals surface area contributed by atoms with Crippen molar-refractivity contribution in [2.75, 3.05) is 5.32 Å². The van der Waals surface area contributed by atoms with Crippen LogP contribution in [0.5, 0.6) is 0 Å². The number of aryl methyl sites for hydroxylation is 1. The maximum absolute atomic E-state index is 13.5. The third-order valence-corrected chi connectivity index (χ3v) is 6.42. The van der Waals surface area contributed by atoms with Gasteiger partial charge in [-0.1, -0.05) is 59.9 Å². The average Bonchev–Trinajstić information content (AvgIpc) is 3.36. The van der Waals surface area contributed by atoms with Crippen LogP contribution in [-0.4, -0.2) is 20.3 Å². The molecule has 7 nitrogen and oxygen atoms in total. The van der Waals surface area contributed by atoms with Crippen molar-refractivity contribution in [1.82, 2.24) is 14.3 Å². The lowest BCUT2D eigenvalue weighted by Crippen LogP contribution is -2.40. The lowest BCUT2D eigenvalue weighted by atomic mass is 9.95. The number of hydrogen-bond donors (Lipinski definition) is 1. The van der Waals surface area contributed by atoms with Gasteiger partial charge in [-0.3, -0.25) is 18.8 Å². The van der Waals surface area contributed by atoms with E-state index >= 15 is 0 Å². The Morgan fingerprint density at radius 1 is 1.09 bits per heavy atom. The SMILES string of the molecule is CC1=C(C(=O)Nc2ccccc2)[C@H](c2ccccc2)n2c(s/c(=C\c3cnn(C)c3)c2=O)=N1. The number of aromatic nitrogens is 3. The van der Waals surface area contributed by atoms with E-state index in [0.717, 1.165) is 11.1 Å². The normalized spacial score (nSPS) is 15.8. The van der Waals surface area contributed by atoms with Crippen molar-refractivity contribution >= 4 is 29.0 Å². The van der Waals surface area contributed by atoms with Gasteiger partial charge < -0.3 is 5.32 Å². The molecule has 1 N–H and O–H groups in total. The molecule has 1 amide bonds. The standard InChI is InChI=1S/C25H21N5O2S/c1-16-21(23(31)28-19-11-7-4-8-12-19)22(18-9-5-3-6-10-18)30-24(32)20(33-25(30)27-16)13-17-14-26-29(2)15-17/h3-15,22H,1-2H3,(H,28,31)/b20-13-/t22-/m0/s1. The van der Waals surface area contributed by atoms with E-state index < -0.39 is 6.04 Å². The average molecular weight is 456 g/mol. The Labute approximate surface area is 193 Å². The zero-order chi connectivity index (χ0) is 22.9. The Kier molecular flexibility index (Phi) is 5.35. The number of amides is 1. The van der Waals surface area contributed by atoms with Gasteiger partial charge in [0.1, 0.15) is 0 Å². The molecule has 33 heavy (non-hydrogen) atoms. The minimum atomic E-state index is -0.581. The molecule has 0 saturated carbocycles. The number of rotatable bonds is 4. The number of nitrogens with zero attached hydrogens (tertiary/aromatic N) is 4. The van der Waals surface area contributed by atoms with Crippen molar-refractivity contribution in [1.29, 1.82) is 0 Å². The van der Waals surface area contributed by atoms with Gasteiger partial charge in [-0.15, -0.1) is 0 Å². The number of allylic oxidation sites excluding steroid dienone is 1. The highest BCUT2D eigenvalue weighted by molar-refractivity contribution is 7.07. The first-order chi connectivity index (χ1) is 16.0. The van der Waals surface area contributed by atoms with Crippen LogP contribution < -0.4 is 20.2 Å². The second-order valence-corrected chi connectivity index (χ2v) is 8.77. The molecule has 164 valence electrons. The van der Waals surface area contributed by atoms with Crippen LogP contribution in [0.4, 0.5) is 5.69 Å². The summed E-state index contributed by atoms with van der Waals surface area (Å²) >= 11 is 1.31. The molecular formula is C25H21N5O2S. The molecule has 0 radical (unpaired) electrons. The molecule has 0 unspecified atom stereocenters. The zero-order valence-corrected chi connectivity index (χ0v) is 18.9. The van der Waals surface area contributed by atoms with E-state index in [4.69, 9.17) is 0 Å².